The van der Waals surface area contributed by atoms with Crippen LogP contribution in [0.25, 0.3) is 0 Å². The second-order valence-corrected chi connectivity index (χ2v) is 7.87. The van der Waals surface area contributed by atoms with Crippen LogP contribution in [0.1, 0.15) is 38.7 Å². The number of aliphatic hydroxyl groups excluding tert-OH is 1. The molecule has 2 rings (SSSR count). The summed E-state index contributed by atoms with van der Waals surface area (Å²) in [5.41, 5.74) is 0.524. The summed E-state index contributed by atoms with van der Waals surface area (Å²) in [5, 5.41) is 9.35. The van der Waals surface area contributed by atoms with Crippen LogP contribution in [0, 0.1) is 11.8 Å². The van der Waals surface area contributed by atoms with Gasteiger partial charge in [-0.25, -0.2) is 13.1 Å². The van der Waals surface area contributed by atoms with Gasteiger partial charge < -0.3 is 5.11 Å². The molecule has 3 atom stereocenters. The number of hydrogen-bond donors (Lipinski definition) is 2. The van der Waals surface area contributed by atoms with Gasteiger partial charge in [-0.3, -0.25) is 0 Å². The van der Waals surface area contributed by atoms with E-state index in [0.717, 1.165) is 19.3 Å². The molecule has 1 aliphatic carbocycles. The highest BCUT2D eigenvalue weighted by Gasteiger charge is 2.34. The van der Waals surface area contributed by atoms with Gasteiger partial charge in [0.15, 0.2) is 0 Å². The Labute approximate surface area is 131 Å². The molecule has 0 saturated heterocycles. The lowest BCUT2D eigenvalue weighted by Gasteiger charge is -2.21. The van der Waals surface area contributed by atoms with Crippen molar-refractivity contribution >= 4 is 21.6 Å². The lowest BCUT2D eigenvalue weighted by Crippen LogP contribution is -2.37. The van der Waals surface area contributed by atoms with Gasteiger partial charge in [-0.2, -0.15) is 0 Å². The number of aliphatic hydroxyl groups is 1. The Bertz CT molecular complexity index is 603. The SMILES string of the molecule is CCC1CCC(NS(=O)(=O)c2ccc(CO)c(Cl)c2)C1C. The van der Waals surface area contributed by atoms with Gasteiger partial charge in [0.25, 0.3) is 0 Å². The number of hydrogen-bond acceptors (Lipinski definition) is 3. The molecule has 0 radical (unpaired) electrons. The molecule has 1 aliphatic rings. The molecule has 0 aliphatic heterocycles. The molecule has 1 aromatic carbocycles. The first-order chi connectivity index (χ1) is 9.89. The van der Waals surface area contributed by atoms with Crippen molar-refractivity contribution in [1.82, 2.24) is 4.72 Å². The maximum Gasteiger partial charge on any atom is 0.240 e. The van der Waals surface area contributed by atoms with E-state index in [4.69, 9.17) is 16.7 Å². The number of benzene rings is 1. The number of nitrogens with one attached hydrogen (secondary N) is 1. The number of halogens is 1. The molecule has 3 unspecified atom stereocenters. The maximum absolute atomic E-state index is 12.4. The van der Waals surface area contributed by atoms with E-state index >= 15 is 0 Å². The molecule has 1 aromatic rings. The first kappa shape index (κ1) is 16.7. The molecule has 1 saturated carbocycles. The highest BCUT2D eigenvalue weighted by atomic mass is 35.5. The quantitative estimate of drug-likeness (QED) is 0.871. The molecule has 0 heterocycles. The van der Waals surface area contributed by atoms with Crippen molar-refractivity contribution in [2.45, 2.75) is 50.7 Å². The third kappa shape index (κ3) is 3.59. The lowest BCUT2D eigenvalue weighted by molar-refractivity contribution is 0.282. The summed E-state index contributed by atoms with van der Waals surface area (Å²) in [7, 11) is -3.57. The summed E-state index contributed by atoms with van der Waals surface area (Å²) in [6.07, 6.45) is 3.02. The zero-order chi connectivity index (χ0) is 15.6. The monoisotopic (exact) mass is 331 g/mol. The van der Waals surface area contributed by atoms with Crippen molar-refractivity contribution in [3.05, 3.63) is 28.8 Å². The fraction of sp³-hybridized carbons (Fsp3) is 0.600. The second kappa shape index (κ2) is 6.65. The topological polar surface area (TPSA) is 66.4 Å². The molecule has 1 fully saturated rings. The summed E-state index contributed by atoms with van der Waals surface area (Å²) in [5.74, 6) is 0.926. The molecule has 4 nitrogen and oxygen atoms in total. The summed E-state index contributed by atoms with van der Waals surface area (Å²) in [6, 6.07) is 4.41. The van der Waals surface area contributed by atoms with E-state index < -0.39 is 10.0 Å². The van der Waals surface area contributed by atoms with Gasteiger partial charge in [0, 0.05) is 11.1 Å². The Kier molecular flexibility index (Phi) is 5.30. The summed E-state index contributed by atoms with van der Waals surface area (Å²) in [4.78, 5) is 0.150. The summed E-state index contributed by atoms with van der Waals surface area (Å²) >= 11 is 5.97. The first-order valence-corrected chi connectivity index (χ1v) is 9.16. The van der Waals surface area contributed by atoms with Gasteiger partial charge in [-0.05, 0) is 42.4 Å². The van der Waals surface area contributed by atoms with Gasteiger partial charge in [-0.15, -0.1) is 0 Å². The Hall–Kier alpha value is -0.620. The third-order valence-corrected chi connectivity index (χ3v) is 6.40. The van der Waals surface area contributed by atoms with E-state index in [-0.39, 0.29) is 22.6 Å². The first-order valence-electron chi connectivity index (χ1n) is 7.30. The van der Waals surface area contributed by atoms with Crippen LogP contribution in [0.15, 0.2) is 23.1 Å². The van der Waals surface area contributed by atoms with Crippen LogP contribution in [0.3, 0.4) is 0 Å². The second-order valence-electron chi connectivity index (χ2n) is 5.74. The Balaban J connectivity index is 2.17. The molecule has 0 spiro atoms. The van der Waals surface area contributed by atoms with Crippen molar-refractivity contribution in [1.29, 1.82) is 0 Å². The van der Waals surface area contributed by atoms with Crippen LogP contribution < -0.4 is 4.72 Å². The predicted octanol–water partition coefficient (Wildman–Crippen LogP) is 2.94. The maximum atomic E-state index is 12.4. The minimum Gasteiger partial charge on any atom is -0.392 e. The summed E-state index contributed by atoms with van der Waals surface area (Å²) < 4.78 is 27.7. The molecule has 0 amide bonds. The number of sulfonamides is 1. The molecule has 2 N–H and O–H groups in total. The van der Waals surface area contributed by atoms with Gasteiger partial charge >= 0.3 is 0 Å². The Morgan fingerprint density at radius 3 is 2.62 bits per heavy atom. The standard InChI is InChI=1S/C15H22ClNO3S/c1-3-11-5-7-15(10(11)2)17-21(19,20)13-6-4-12(9-18)14(16)8-13/h4,6,8,10-11,15,17-18H,3,5,7,9H2,1-2H3. The highest BCUT2D eigenvalue weighted by molar-refractivity contribution is 7.89. The molecule has 0 bridgehead atoms. The molecular formula is C15H22ClNO3S. The van der Waals surface area contributed by atoms with E-state index in [2.05, 4.69) is 18.6 Å². The van der Waals surface area contributed by atoms with Crippen LogP contribution in [-0.4, -0.2) is 19.6 Å². The van der Waals surface area contributed by atoms with Crippen molar-refractivity contribution in [3.8, 4) is 0 Å². The van der Waals surface area contributed by atoms with Gasteiger partial charge in [0.2, 0.25) is 10.0 Å². The molecular weight excluding hydrogens is 310 g/mol. The highest BCUT2D eigenvalue weighted by Crippen LogP contribution is 2.34. The normalized spacial score (nSPS) is 26.2. The lowest BCUT2D eigenvalue weighted by atomic mass is 9.94. The Morgan fingerprint density at radius 2 is 2.10 bits per heavy atom. The van der Waals surface area contributed by atoms with Crippen molar-refractivity contribution in [2.24, 2.45) is 11.8 Å². The van der Waals surface area contributed by atoms with Crippen LogP contribution in [0.5, 0.6) is 0 Å². The Morgan fingerprint density at radius 1 is 1.38 bits per heavy atom. The van der Waals surface area contributed by atoms with Crippen LogP contribution in [-0.2, 0) is 16.6 Å². The zero-order valence-corrected chi connectivity index (χ0v) is 13.9. The third-order valence-electron chi connectivity index (χ3n) is 4.56. The minimum absolute atomic E-state index is 0.0174. The van der Waals surface area contributed by atoms with Crippen LogP contribution in [0.2, 0.25) is 5.02 Å². The minimum atomic E-state index is -3.57. The summed E-state index contributed by atoms with van der Waals surface area (Å²) in [6.45, 7) is 4.05. The van der Waals surface area contributed by atoms with Crippen LogP contribution >= 0.6 is 11.6 Å². The fourth-order valence-electron chi connectivity index (χ4n) is 3.08. The van der Waals surface area contributed by atoms with Gasteiger partial charge in [0.1, 0.15) is 0 Å². The average Bonchev–Trinajstić information content (AvgIpc) is 2.79. The van der Waals surface area contributed by atoms with Gasteiger partial charge in [0.05, 0.1) is 11.5 Å². The van der Waals surface area contributed by atoms with E-state index in [1.165, 1.54) is 12.1 Å². The van der Waals surface area contributed by atoms with E-state index in [1.807, 2.05) is 0 Å². The smallest absolute Gasteiger partial charge is 0.240 e. The number of rotatable bonds is 5. The largest absolute Gasteiger partial charge is 0.392 e. The molecule has 118 valence electrons. The molecule has 0 aromatic heterocycles. The van der Waals surface area contributed by atoms with Crippen LogP contribution in [0.4, 0.5) is 0 Å². The van der Waals surface area contributed by atoms with E-state index in [1.54, 1.807) is 6.07 Å². The predicted molar refractivity (Wildman–Crippen MR) is 83.7 cm³/mol. The van der Waals surface area contributed by atoms with Crippen molar-refractivity contribution in [2.75, 3.05) is 0 Å². The zero-order valence-electron chi connectivity index (χ0n) is 12.3. The molecule has 21 heavy (non-hydrogen) atoms. The van der Waals surface area contributed by atoms with E-state index in [9.17, 15) is 8.42 Å². The van der Waals surface area contributed by atoms with Crippen molar-refractivity contribution in [3.63, 3.8) is 0 Å². The van der Waals surface area contributed by atoms with E-state index in [0.29, 0.717) is 17.4 Å². The molecule has 6 heteroatoms. The average molecular weight is 332 g/mol. The van der Waals surface area contributed by atoms with Crippen molar-refractivity contribution < 1.29 is 13.5 Å². The van der Waals surface area contributed by atoms with Gasteiger partial charge in [-0.1, -0.05) is 37.9 Å². The fourth-order valence-corrected chi connectivity index (χ4v) is 4.77.